The fourth-order valence-electron chi connectivity index (χ4n) is 5.65. The Morgan fingerprint density at radius 1 is 1.09 bits per heavy atom. The van der Waals surface area contributed by atoms with Crippen molar-refractivity contribution in [2.75, 3.05) is 26.3 Å². The number of aromatic nitrogens is 2. The summed E-state index contributed by atoms with van der Waals surface area (Å²) >= 11 is 0. The molecule has 2 aliphatic heterocycles. The number of aromatic amines is 1. The zero-order valence-electron chi connectivity index (χ0n) is 20.1. The zero-order chi connectivity index (χ0) is 22.9. The van der Waals surface area contributed by atoms with Gasteiger partial charge < -0.3 is 14.6 Å². The van der Waals surface area contributed by atoms with Crippen molar-refractivity contribution in [1.82, 2.24) is 14.9 Å². The molecular weight excluding hydrogens is 410 g/mol. The SMILES string of the molecule is Cc1cc(-c2[nH]c3ccc(C4CCN(C(=O)C5CCOCC5)CC4)cc3c2C(C)C)ccn1. The monoisotopic (exact) mass is 445 g/mol. The standard InChI is InChI=1S/C28H35N3O2/c1-18(2)26-24-17-22(4-5-25(24)30-27(26)23-6-11-29-19(3)16-23)20-7-12-31(13-8-20)28(32)21-9-14-33-15-10-21/h4-6,11,16-18,20-21,30H,7-10,12-15H2,1-3H3. The van der Waals surface area contributed by atoms with Gasteiger partial charge in [0.1, 0.15) is 0 Å². The highest BCUT2D eigenvalue weighted by molar-refractivity contribution is 5.92. The number of benzene rings is 1. The number of ether oxygens (including phenoxy) is 1. The van der Waals surface area contributed by atoms with E-state index >= 15 is 0 Å². The van der Waals surface area contributed by atoms with E-state index < -0.39 is 0 Å². The number of carbonyl (C=O) groups excluding carboxylic acids is 1. The lowest BCUT2D eigenvalue weighted by atomic mass is 9.87. The van der Waals surface area contributed by atoms with Crippen LogP contribution in [0.5, 0.6) is 0 Å². The van der Waals surface area contributed by atoms with Gasteiger partial charge in [-0.25, -0.2) is 0 Å². The van der Waals surface area contributed by atoms with Crippen LogP contribution in [-0.4, -0.2) is 47.1 Å². The molecular formula is C28H35N3O2. The first-order valence-electron chi connectivity index (χ1n) is 12.5. The van der Waals surface area contributed by atoms with Crippen LogP contribution in [0.15, 0.2) is 36.5 Å². The first-order valence-corrected chi connectivity index (χ1v) is 12.5. The Morgan fingerprint density at radius 2 is 1.85 bits per heavy atom. The molecule has 0 bridgehead atoms. The van der Waals surface area contributed by atoms with Crippen LogP contribution in [0.25, 0.3) is 22.2 Å². The molecule has 0 spiro atoms. The number of carbonyl (C=O) groups is 1. The zero-order valence-corrected chi connectivity index (χ0v) is 20.1. The van der Waals surface area contributed by atoms with Crippen LogP contribution in [-0.2, 0) is 9.53 Å². The lowest BCUT2D eigenvalue weighted by Gasteiger charge is -2.35. The van der Waals surface area contributed by atoms with Crippen molar-refractivity contribution < 1.29 is 9.53 Å². The van der Waals surface area contributed by atoms with E-state index in [9.17, 15) is 4.79 Å². The van der Waals surface area contributed by atoms with E-state index in [4.69, 9.17) is 4.74 Å². The third kappa shape index (κ3) is 4.43. The Labute approximate surface area is 196 Å². The molecule has 1 aromatic carbocycles. The molecule has 3 aromatic rings. The molecule has 0 atom stereocenters. The van der Waals surface area contributed by atoms with Crippen LogP contribution in [0.4, 0.5) is 0 Å². The summed E-state index contributed by atoms with van der Waals surface area (Å²) < 4.78 is 5.43. The second-order valence-electron chi connectivity index (χ2n) is 10.0. The van der Waals surface area contributed by atoms with E-state index in [1.807, 2.05) is 13.1 Å². The topological polar surface area (TPSA) is 58.2 Å². The molecule has 1 N–H and O–H groups in total. The Balaban J connectivity index is 1.37. The van der Waals surface area contributed by atoms with Crippen molar-refractivity contribution in [3.05, 3.63) is 53.3 Å². The lowest BCUT2D eigenvalue weighted by Crippen LogP contribution is -2.42. The van der Waals surface area contributed by atoms with Gasteiger partial charge in [-0.05, 0) is 79.8 Å². The summed E-state index contributed by atoms with van der Waals surface area (Å²) in [6.07, 6.45) is 5.72. The molecule has 5 nitrogen and oxygen atoms in total. The van der Waals surface area contributed by atoms with E-state index in [1.165, 1.54) is 33.3 Å². The third-order valence-corrected chi connectivity index (χ3v) is 7.47. The number of rotatable bonds is 4. The van der Waals surface area contributed by atoms with E-state index in [0.29, 0.717) is 17.7 Å². The predicted molar refractivity (Wildman–Crippen MR) is 132 cm³/mol. The lowest BCUT2D eigenvalue weighted by molar-refractivity contribution is -0.139. The number of likely N-dealkylation sites (tertiary alicyclic amines) is 1. The van der Waals surface area contributed by atoms with E-state index in [1.54, 1.807) is 0 Å². The first-order chi connectivity index (χ1) is 16.0. The predicted octanol–water partition coefficient (Wildman–Crippen LogP) is 5.79. The molecule has 0 unspecified atom stereocenters. The number of nitrogens with one attached hydrogen (secondary N) is 1. The number of H-pyrrole nitrogens is 1. The Hall–Kier alpha value is -2.66. The van der Waals surface area contributed by atoms with E-state index in [-0.39, 0.29) is 5.92 Å². The minimum absolute atomic E-state index is 0.162. The average molecular weight is 446 g/mol. The quantitative estimate of drug-likeness (QED) is 0.553. The van der Waals surface area contributed by atoms with Gasteiger partial charge in [0.2, 0.25) is 5.91 Å². The molecule has 0 aliphatic carbocycles. The largest absolute Gasteiger partial charge is 0.381 e. The van der Waals surface area contributed by atoms with Crippen molar-refractivity contribution >= 4 is 16.8 Å². The van der Waals surface area contributed by atoms with Gasteiger partial charge in [-0.2, -0.15) is 0 Å². The molecule has 0 saturated carbocycles. The number of pyridine rings is 1. The van der Waals surface area contributed by atoms with Gasteiger partial charge in [0, 0.05) is 60.6 Å². The van der Waals surface area contributed by atoms with Gasteiger partial charge in [0.15, 0.2) is 0 Å². The molecule has 4 heterocycles. The average Bonchev–Trinajstić information content (AvgIpc) is 3.23. The first kappa shape index (κ1) is 22.1. The van der Waals surface area contributed by atoms with Crippen molar-refractivity contribution in [2.24, 2.45) is 5.92 Å². The van der Waals surface area contributed by atoms with Gasteiger partial charge in [0.25, 0.3) is 0 Å². The second-order valence-corrected chi connectivity index (χ2v) is 10.0. The van der Waals surface area contributed by atoms with Crippen molar-refractivity contribution in [2.45, 2.75) is 58.3 Å². The fourth-order valence-corrected chi connectivity index (χ4v) is 5.65. The highest BCUT2D eigenvalue weighted by atomic mass is 16.5. The summed E-state index contributed by atoms with van der Waals surface area (Å²) in [4.78, 5) is 23.1. The van der Waals surface area contributed by atoms with Crippen molar-refractivity contribution in [3.63, 3.8) is 0 Å². The third-order valence-electron chi connectivity index (χ3n) is 7.47. The van der Waals surface area contributed by atoms with Crippen LogP contribution >= 0.6 is 0 Å². The number of hydrogen-bond donors (Lipinski definition) is 1. The molecule has 33 heavy (non-hydrogen) atoms. The summed E-state index contributed by atoms with van der Waals surface area (Å²) in [5.41, 5.74) is 7.41. The summed E-state index contributed by atoms with van der Waals surface area (Å²) in [7, 11) is 0. The van der Waals surface area contributed by atoms with Crippen LogP contribution in [0, 0.1) is 12.8 Å². The highest BCUT2D eigenvalue weighted by Gasteiger charge is 2.30. The summed E-state index contributed by atoms with van der Waals surface area (Å²) in [6, 6.07) is 11.2. The van der Waals surface area contributed by atoms with Gasteiger partial charge in [-0.1, -0.05) is 19.9 Å². The number of hydrogen-bond acceptors (Lipinski definition) is 3. The molecule has 174 valence electrons. The molecule has 2 fully saturated rings. The Bertz CT molecular complexity index is 1140. The van der Waals surface area contributed by atoms with Crippen LogP contribution < -0.4 is 0 Å². The van der Waals surface area contributed by atoms with E-state index in [2.05, 4.69) is 59.0 Å². The van der Waals surface area contributed by atoms with Crippen LogP contribution in [0.1, 0.15) is 68.2 Å². The van der Waals surface area contributed by atoms with Crippen LogP contribution in [0.2, 0.25) is 0 Å². The Morgan fingerprint density at radius 3 is 2.55 bits per heavy atom. The van der Waals surface area contributed by atoms with Gasteiger partial charge in [-0.15, -0.1) is 0 Å². The van der Waals surface area contributed by atoms with Gasteiger partial charge >= 0.3 is 0 Å². The van der Waals surface area contributed by atoms with Crippen molar-refractivity contribution in [3.8, 4) is 11.3 Å². The number of piperidine rings is 1. The molecule has 0 radical (unpaired) electrons. The smallest absolute Gasteiger partial charge is 0.225 e. The van der Waals surface area contributed by atoms with Crippen LogP contribution in [0.3, 0.4) is 0 Å². The van der Waals surface area contributed by atoms with Crippen molar-refractivity contribution in [1.29, 1.82) is 0 Å². The van der Waals surface area contributed by atoms with Gasteiger partial charge in [0.05, 0.1) is 5.69 Å². The van der Waals surface area contributed by atoms with E-state index in [0.717, 1.165) is 57.7 Å². The molecule has 1 amide bonds. The molecule has 2 aliphatic rings. The minimum atomic E-state index is 0.162. The summed E-state index contributed by atoms with van der Waals surface area (Å²) in [5.74, 6) is 1.43. The molecule has 2 aromatic heterocycles. The molecule has 5 heteroatoms. The van der Waals surface area contributed by atoms with Gasteiger partial charge in [-0.3, -0.25) is 9.78 Å². The molecule has 5 rings (SSSR count). The summed E-state index contributed by atoms with van der Waals surface area (Å²) in [5, 5.41) is 1.33. The maximum absolute atomic E-state index is 12.9. The maximum Gasteiger partial charge on any atom is 0.225 e. The number of nitrogens with zero attached hydrogens (tertiary/aromatic N) is 2. The maximum atomic E-state index is 12.9. The number of aryl methyl sites for hydroxylation is 1. The minimum Gasteiger partial charge on any atom is -0.381 e. The number of amides is 1. The molecule has 2 saturated heterocycles. The summed E-state index contributed by atoms with van der Waals surface area (Å²) in [6.45, 7) is 9.76. The second kappa shape index (κ2) is 9.30. The fraction of sp³-hybridized carbons (Fsp3) is 0.500. The highest BCUT2D eigenvalue weighted by Crippen LogP contribution is 2.38. The normalized spacial score (nSPS) is 18.4. The Kier molecular flexibility index (Phi) is 6.24. The number of fused-ring (bicyclic) bond motifs is 1.